The first kappa shape index (κ1) is 16.5. The van der Waals surface area contributed by atoms with E-state index in [4.69, 9.17) is 5.73 Å². The fraction of sp³-hybridized carbons (Fsp3) is 0.231. The molecule has 11 heteroatoms. The van der Waals surface area contributed by atoms with Crippen molar-refractivity contribution in [3.8, 4) is 0 Å². The number of hydrogen-bond acceptors (Lipinski definition) is 8. The van der Waals surface area contributed by atoms with Crippen molar-refractivity contribution < 1.29 is 13.3 Å². The van der Waals surface area contributed by atoms with E-state index >= 15 is 0 Å². The number of thioether (sulfide) groups is 1. The summed E-state index contributed by atoms with van der Waals surface area (Å²) in [6.07, 6.45) is 0. The quantitative estimate of drug-likeness (QED) is 0.476. The lowest BCUT2D eigenvalue weighted by Crippen LogP contribution is -2.29. The van der Waals surface area contributed by atoms with Gasteiger partial charge in [-0.15, -0.1) is 0 Å². The SMILES string of the molecule is Nc1cc(=O)n2c(n1)SC[C@@H]2CS(=O)(=O)c1ccc([N+](=O)[O-])cc1. The third-order valence-corrected chi connectivity index (χ3v) is 6.44. The van der Waals surface area contributed by atoms with Crippen LogP contribution < -0.4 is 11.3 Å². The van der Waals surface area contributed by atoms with Gasteiger partial charge in [-0.3, -0.25) is 19.5 Å². The summed E-state index contributed by atoms with van der Waals surface area (Å²) < 4.78 is 26.4. The van der Waals surface area contributed by atoms with E-state index in [0.717, 1.165) is 18.2 Å². The van der Waals surface area contributed by atoms with Gasteiger partial charge in [0, 0.05) is 24.0 Å². The molecule has 0 amide bonds. The van der Waals surface area contributed by atoms with Crippen molar-refractivity contribution in [3.05, 3.63) is 50.8 Å². The first-order chi connectivity index (χ1) is 11.3. The molecule has 0 aliphatic carbocycles. The number of fused-ring (bicyclic) bond motifs is 1. The van der Waals surface area contributed by atoms with E-state index in [2.05, 4.69) is 4.98 Å². The Bertz CT molecular complexity index is 969. The van der Waals surface area contributed by atoms with E-state index < -0.39 is 26.4 Å². The van der Waals surface area contributed by atoms with E-state index in [0.29, 0.717) is 10.9 Å². The van der Waals surface area contributed by atoms with Crippen LogP contribution in [-0.4, -0.2) is 34.4 Å². The molecule has 0 spiro atoms. The number of benzene rings is 1. The topological polar surface area (TPSA) is 138 Å². The maximum absolute atomic E-state index is 12.5. The molecule has 3 rings (SSSR count). The summed E-state index contributed by atoms with van der Waals surface area (Å²) in [5, 5.41) is 11.0. The number of nitrogens with two attached hydrogens (primary N) is 1. The molecule has 0 saturated heterocycles. The maximum Gasteiger partial charge on any atom is 0.269 e. The van der Waals surface area contributed by atoms with E-state index in [-0.39, 0.29) is 22.2 Å². The average molecular weight is 368 g/mol. The Kier molecular flexibility index (Phi) is 4.05. The van der Waals surface area contributed by atoms with Gasteiger partial charge in [0.05, 0.1) is 21.6 Å². The van der Waals surface area contributed by atoms with E-state index in [1.165, 1.54) is 28.5 Å². The summed E-state index contributed by atoms with van der Waals surface area (Å²) in [7, 11) is -3.71. The van der Waals surface area contributed by atoms with Gasteiger partial charge in [0.15, 0.2) is 15.0 Å². The van der Waals surface area contributed by atoms with Crippen molar-refractivity contribution in [1.82, 2.24) is 9.55 Å². The lowest BCUT2D eigenvalue weighted by molar-refractivity contribution is -0.384. The number of nitrogen functional groups attached to an aromatic ring is 1. The van der Waals surface area contributed by atoms with E-state index in [1.54, 1.807) is 0 Å². The normalized spacial score (nSPS) is 16.8. The largest absolute Gasteiger partial charge is 0.383 e. The van der Waals surface area contributed by atoms with Crippen LogP contribution in [0.5, 0.6) is 0 Å². The minimum absolute atomic E-state index is 0.0250. The van der Waals surface area contributed by atoms with Gasteiger partial charge < -0.3 is 5.73 Å². The van der Waals surface area contributed by atoms with Gasteiger partial charge >= 0.3 is 0 Å². The zero-order chi connectivity index (χ0) is 17.5. The first-order valence-corrected chi connectivity index (χ1v) is 9.41. The highest BCUT2D eigenvalue weighted by Crippen LogP contribution is 2.32. The van der Waals surface area contributed by atoms with Crippen molar-refractivity contribution >= 4 is 33.1 Å². The van der Waals surface area contributed by atoms with Crippen LogP contribution in [0.25, 0.3) is 0 Å². The fourth-order valence-electron chi connectivity index (χ4n) is 2.42. The molecular weight excluding hydrogens is 356 g/mol. The van der Waals surface area contributed by atoms with Crippen LogP contribution in [0.15, 0.2) is 45.2 Å². The molecule has 1 aliphatic heterocycles. The van der Waals surface area contributed by atoms with Gasteiger partial charge in [-0.25, -0.2) is 13.4 Å². The minimum atomic E-state index is -3.71. The van der Waals surface area contributed by atoms with Crippen molar-refractivity contribution in [1.29, 1.82) is 0 Å². The molecule has 2 heterocycles. The first-order valence-electron chi connectivity index (χ1n) is 6.77. The highest BCUT2D eigenvalue weighted by Gasteiger charge is 2.30. The van der Waals surface area contributed by atoms with Crippen LogP contribution in [0.2, 0.25) is 0 Å². The average Bonchev–Trinajstić information content (AvgIpc) is 2.89. The predicted molar refractivity (Wildman–Crippen MR) is 87.8 cm³/mol. The third-order valence-electron chi connectivity index (χ3n) is 3.53. The number of anilines is 1. The Morgan fingerprint density at radius 1 is 1.38 bits per heavy atom. The van der Waals surface area contributed by atoms with Gasteiger partial charge in [-0.2, -0.15) is 0 Å². The Morgan fingerprint density at radius 3 is 2.67 bits per heavy atom. The highest BCUT2D eigenvalue weighted by molar-refractivity contribution is 7.99. The van der Waals surface area contributed by atoms with Crippen LogP contribution in [0.1, 0.15) is 6.04 Å². The van der Waals surface area contributed by atoms with E-state index in [1.807, 2.05) is 0 Å². The van der Waals surface area contributed by atoms with Gasteiger partial charge in [0.1, 0.15) is 5.82 Å². The van der Waals surface area contributed by atoms with Crippen LogP contribution in [0, 0.1) is 10.1 Å². The lowest BCUT2D eigenvalue weighted by Gasteiger charge is -2.13. The molecule has 126 valence electrons. The summed E-state index contributed by atoms with van der Waals surface area (Å²) in [6.45, 7) is 0. The second-order valence-corrected chi connectivity index (χ2v) is 8.19. The standard InChI is InChI=1S/C13H12N4O5S2/c14-11-5-12(18)16-9(6-23-13(16)15-11)7-24(21,22)10-3-1-8(2-4-10)17(19)20/h1-5,9H,6-7,14H2/t9-/m1/s1. The third kappa shape index (κ3) is 2.99. The van der Waals surface area contributed by atoms with E-state index in [9.17, 15) is 23.3 Å². The molecule has 0 bridgehead atoms. The number of nitro groups is 1. The Balaban J connectivity index is 1.90. The summed E-state index contributed by atoms with van der Waals surface area (Å²) in [5.41, 5.74) is 4.94. The number of hydrogen-bond donors (Lipinski definition) is 1. The molecule has 2 aromatic rings. The number of non-ortho nitro benzene ring substituents is 1. The molecule has 1 aliphatic rings. The van der Waals surface area contributed by atoms with Crippen LogP contribution in [-0.2, 0) is 9.84 Å². The van der Waals surface area contributed by atoms with Crippen LogP contribution in [0.3, 0.4) is 0 Å². The summed E-state index contributed by atoms with van der Waals surface area (Å²) >= 11 is 1.26. The second kappa shape index (κ2) is 5.91. The van der Waals surface area contributed by atoms with Crippen molar-refractivity contribution in [3.63, 3.8) is 0 Å². The van der Waals surface area contributed by atoms with Crippen molar-refractivity contribution in [2.45, 2.75) is 16.1 Å². The molecule has 0 fully saturated rings. The second-order valence-electron chi connectivity index (χ2n) is 5.17. The van der Waals surface area contributed by atoms with Gasteiger partial charge in [-0.05, 0) is 12.1 Å². The molecule has 2 N–H and O–H groups in total. The fourth-order valence-corrected chi connectivity index (χ4v) is 5.24. The number of nitro benzene ring substituents is 1. The monoisotopic (exact) mass is 368 g/mol. The Hall–Kier alpha value is -2.40. The molecule has 9 nitrogen and oxygen atoms in total. The molecule has 0 saturated carbocycles. The minimum Gasteiger partial charge on any atom is -0.383 e. The zero-order valence-corrected chi connectivity index (χ0v) is 13.8. The molecular formula is C13H12N4O5S2. The predicted octanol–water partition coefficient (Wildman–Crippen LogP) is 0.854. The lowest BCUT2D eigenvalue weighted by atomic mass is 10.3. The molecule has 1 aromatic heterocycles. The van der Waals surface area contributed by atoms with Crippen LogP contribution in [0.4, 0.5) is 11.5 Å². The smallest absolute Gasteiger partial charge is 0.269 e. The highest BCUT2D eigenvalue weighted by atomic mass is 32.2. The van der Waals surface area contributed by atoms with Gasteiger partial charge in [0.2, 0.25) is 0 Å². The van der Waals surface area contributed by atoms with Crippen LogP contribution >= 0.6 is 11.8 Å². The number of aromatic nitrogens is 2. The number of sulfone groups is 1. The van der Waals surface area contributed by atoms with Crippen molar-refractivity contribution in [2.24, 2.45) is 0 Å². The summed E-state index contributed by atoms with van der Waals surface area (Å²) in [6, 6.07) is 5.25. The van der Waals surface area contributed by atoms with Gasteiger partial charge in [0.25, 0.3) is 11.2 Å². The number of rotatable bonds is 4. The Morgan fingerprint density at radius 2 is 2.04 bits per heavy atom. The summed E-state index contributed by atoms with van der Waals surface area (Å²) in [4.78, 5) is 26.1. The molecule has 0 radical (unpaired) electrons. The molecule has 1 aromatic carbocycles. The maximum atomic E-state index is 12.5. The van der Waals surface area contributed by atoms with Crippen molar-refractivity contribution in [2.75, 3.05) is 17.2 Å². The Labute approximate surface area is 140 Å². The summed E-state index contributed by atoms with van der Waals surface area (Å²) in [5.74, 6) is 0.187. The zero-order valence-electron chi connectivity index (χ0n) is 12.2. The molecule has 24 heavy (non-hydrogen) atoms. The molecule has 1 atom stereocenters. The molecule has 0 unspecified atom stereocenters. The van der Waals surface area contributed by atoms with Gasteiger partial charge in [-0.1, -0.05) is 11.8 Å². The number of nitrogens with zero attached hydrogens (tertiary/aromatic N) is 3.